The van der Waals surface area contributed by atoms with Crippen molar-refractivity contribution in [1.82, 2.24) is 4.98 Å². The van der Waals surface area contributed by atoms with Crippen LogP contribution < -0.4 is 5.73 Å². The van der Waals surface area contributed by atoms with E-state index in [1.165, 1.54) is 16.0 Å². The summed E-state index contributed by atoms with van der Waals surface area (Å²) in [6, 6.07) is 19.2. The second kappa shape index (κ2) is 7.58. The minimum absolute atomic E-state index is 0.655. The first kappa shape index (κ1) is 15.3. The Morgan fingerprint density at radius 1 is 1.00 bits per heavy atom. The summed E-state index contributed by atoms with van der Waals surface area (Å²) in [5, 5.41) is 3.22. The summed E-state index contributed by atoms with van der Waals surface area (Å²) < 4.78 is 0. The quantitative estimate of drug-likeness (QED) is 0.673. The molecular weight excluding hydrogens is 308 g/mol. The van der Waals surface area contributed by atoms with Gasteiger partial charge in [-0.1, -0.05) is 42.5 Å². The molecule has 112 valence electrons. The number of aromatic nitrogens is 1. The first-order valence-electron chi connectivity index (χ1n) is 7.27. The Bertz CT molecular complexity index is 705. The molecule has 4 heteroatoms. The number of rotatable bonds is 6. The zero-order chi connectivity index (χ0) is 15.2. The number of nitrogens with zero attached hydrogens (tertiary/aromatic N) is 1. The van der Waals surface area contributed by atoms with Crippen LogP contribution in [0.25, 0.3) is 11.3 Å². The second-order valence-electron chi connectivity index (χ2n) is 4.96. The SMILES string of the molecule is NCCc1nc(-c2ccc(SCc3ccccc3)cc2)cs1. The summed E-state index contributed by atoms with van der Waals surface area (Å²) in [5.74, 6) is 0.998. The Hall–Kier alpha value is -1.62. The molecule has 0 aliphatic heterocycles. The predicted molar refractivity (Wildman–Crippen MR) is 96.3 cm³/mol. The lowest BCUT2D eigenvalue weighted by Gasteiger charge is -2.03. The number of hydrogen-bond acceptors (Lipinski definition) is 4. The number of thioether (sulfide) groups is 1. The van der Waals surface area contributed by atoms with Crippen molar-refractivity contribution in [2.75, 3.05) is 6.54 Å². The van der Waals surface area contributed by atoms with Crippen molar-refractivity contribution in [3.63, 3.8) is 0 Å². The smallest absolute Gasteiger partial charge is 0.0945 e. The largest absolute Gasteiger partial charge is 0.330 e. The summed E-state index contributed by atoms with van der Waals surface area (Å²) >= 11 is 3.54. The van der Waals surface area contributed by atoms with Crippen LogP contribution in [0.2, 0.25) is 0 Å². The molecule has 0 spiro atoms. The molecule has 1 heterocycles. The van der Waals surface area contributed by atoms with Crippen LogP contribution in [0.15, 0.2) is 64.9 Å². The molecule has 0 aliphatic rings. The van der Waals surface area contributed by atoms with E-state index in [9.17, 15) is 0 Å². The summed E-state index contributed by atoms with van der Waals surface area (Å²) in [6.45, 7) is 0.655. The first-order valence-corrected chi connectivity index (χ1v) is 9.13. The standard InChI is InChI=1S/C18H18N2S2/c19-11-10-18-20-17(13-22-18)15-6-8-16(9-7-15)21-12-14-4-2-1-3-5-14/h1-9,13H,10-12,19H2. The highest BCUT2D eigenvalue weighted by Crippen LogP contribution is 2.27. The van der Waals surface area contributed by atoms with Gasteiger partial charge in [-0.15, -0.1) is 23.1 Å². The zero-order valence-corrected chi connectivity index (χ0v) is 13.9. The van der Waals surface area contributed by atoms with Gasteiger partial charge in [0.15, 0.2) is 0 Å². The molecular formula is C18H18N2S2. The fraction of sp³-hybridized carbons (Fsp3) is 0.167. The molecule has 1 aromatic heterocycles. The molecule has 2 nitrogen and oxygen atoms in total. The van der Waals surface area contributed by atoms with Crippen LogP contribution in [0.1, 0.15) is 10.6 Å². The van der Waals surface area contributed by atoms with Crippen LogP contribution in [-0.4, -0.2) is 11.5 Å². The molecule has 0 amide bonds. The van der Waals surface area contributed by atoms with Crippen LogP contribution in [-0.2, 0) is 12.2 Å². The maximum absolute atomic E-state index is 5.57. The fourth-order valence-electron chi connectivity index (χ4n) is 2.14. The summed E-state index contributed by atoms with van der Waals surface area (Å²) in [7, 11) is 0. The number of nitrogens with two attached hydrogens (primary N) is 1. The zero-order valence-electron chi connectivity index (χ0n) is 12.2. The number of hydrogen-bond donors (Lipinski definition) is 1. The van der Waals surface area contributed by atoms with Gasteiger partial charge in [-0.05, 0) is 24.2 Å². The van der Waals surface area contributed by atoms with E-state index in [1.54, 1.807) is 11.3 Å². The number of benzene rings is 2. The van der Waals surface area contributed by atoms with E-state index in [2.05, 4.69) is 65.0 Å². The van der Waals surface area contributed by atoms with Crippen LogP contribution in [0.4, 0.5) is 0 Å². The van der Waals surface area contributed by atoms with E-state index in [0.717, 1.165) is 22.9 Å². The van der Waals surface area contributed by atoms with Gasteiger partial charge < -0.3 is 5.73 Å². The second-order valence-corrected chi connectivity index (χ2v) is 6.96. The summed E-state index contributed by atoms with van der Waals surface area (Å²) in [5.41, 5.74) is 9.14. The van der Waals surface area contributed by atoms with Gasteiger partial charge in [0.25, 0.3) is 0 Å². The van der Waals surface area contributed by atoms with Gasteiger partial charge in [0.2, 0.25) is 0 Å². The highest BCUT2D eigenvalue weighted by atomic mass is 32.2. The molecule has 0 saturated carbocycles. The third-order valence-electron chi connectivity index (χ3n) is 3.31. The Labute approximate surface area is 139 Å². The van der Waals surface area contributed by atoms with Gasteiger partial charge in [-0.3, -0.25) is 0 Å². The highest BCUT2D eigenvalue weighted by molar-refractivity contribution is 7.98. The van der Waals surface area contributed by atoms with Gasteiger partial charge in [-0.2, -0.15) is 0 Å². The topological polar surface area (TPSA) is 38.9 Å². The molecule has 0 bridgehead atoms. The Morgan fingerprint density at radius 2 is 1.77 bits per heavy atom. The minimum Gasteiger partial charge on any atom is -0.330 e. The Morgan fingerprint density at radius 3 is 2.50 bits per heavy atom. The Balaban J connectivity index is 1.64. The van der Waals surface area contributed by atoms with Crippen LogP contribution in [0.5, 0.6) is 0 Å². The van der Waals surface area contributed by atoms with Crippen molar-refractivity contribution >= 4 is 23.1 Å². The van der Waals surface area contributed by atoms with E-state index >= 15 is 0 Å². The summed E-state index contributed by atoms with van der Waals surface area (Å²) in [6.07, 6.45) is 0.857. The van der Waals surface area contributed by atoms with Crippen molar-refractivity contribution in [1.29, 1.82) is 0 Å². The van der Waals surface area contributed by atoms with Crippen molar-refractivity contribution in [3.05, 3.63) is 70.5 Å². The monoisotopic (exact) mass is 326 g/mol. The molecule has 0 saturated heterocycles. The third-order valence-corrected chi connectivity index (χ3v) is 5.30. The molecule has 0 aliphatic carbocycles. The molecule has 0 radical (unpaired) electrons. The van der Waals surface area contributed by atoms with Crippen molar-refractivity contribution < 1.29 is 0 Å². The van der Waals surface area contributed by atoms with Gasteiger partial charge in [0.05, 0.1) is 10.7 Å². The number of thiazole rings is 1. The molecule has 0 unspecified atom stereocenters. The van der Waals surface area contributed by atoms with Gasteiger partial charge in [0, 0.05) is 28.0 Å². The van der Waals surface area contributed by atoms with E-state index in [4.69, 9.17) is 5.73 Å². The van der Waals surface area contributed by atoms with E-state index in [-0.39, 0.29) is 0 Å². The average molecular weight is 326 g/mol. The maximum atomic E-state index is 5.57. The molecule has 3 rings (SSSR count). The Kier molecular flexibility index (Phi) is 5.27. The lowest BCUT2D eigenvalue weighted by atomic mass is 10.2. The van der Waals surface area contributed by atoms with E-state index < -0.39 is 0 Å². The van der Waals surface area contributed by atoms with Gasteiger partial charge in [-0.25, -0.2) is 4.98 Å². The first-order chi connectivity index (χ1) is 10.8. The lowest BCUT2D eigenvalue weighted by Crippen LogP contribution is -2.01. The average Bonchev–Trinajstić information content (AvgIpc) is 3.03. The summed E-state index contributed by atoms with van der Waals surface area (Å²) in [4.78, 5) is 5.91. The molecule has 2 aromatic carbocycles. The van der Waals surface area contributed by atoms with Gasteiger partial charge in [0.1, 0.15) is 0 Å². The van der Waals surface area contributed by atoms with Crippen molar-refractivity contribution in [2.45, 2.75) is 17.1 Å². The molecule has 0 atom stereocenters. The van der Waals surface area contributed by atoms with Gasteiger partial charge >= 0.3 is 0 Å². The van der Waals surface area contributed by atoms with Crippen molar-refractivity contribution in [3.8, 4) is 11.3 Å². The molecule has 2 N–H and O–H groups in total. The lowest BCUT2D eigenvalue weighted by molar-refractivity contribution is 0.954. The normalized spacial score (nSPS) is 10.8. The maximum Gasteiger partial charge on any atom is 0.0945 e. The molecule has 3 aromatic rings. The predicted octanol–water partition coefficient (Wildman–Crippen LogP) is 4.60. The van der Waals surface area contributed by atoms with Crippen molar-refractivity contribution in [2.24, 2.45) is 5.73 Å². The van der Waals surface area contributed by atoms with E-state index in [0.29, 0.717) is 6.54 Å². The van der Waals surface area contributed by atoms with E-state index in [1.807, 2.05) is 11.8 Å². The highest BCUT2D eigenvalue weighted by Gasteiger charge is 2.04. The fourth-order valence-corrected chi connectivity index (χ4v) is 3.82. The van der Waals surface area contributed by atoms with Crippen LogP contribution in [0, 0.1) is 0 Å². The molecule has 22 heavy (non-hydrogen) atoms. The van der Waals surface area contributed by atoms with Crippen LogP contribution in [0.3, 0.4) is 0 Å². The van der Waals surface area contributed by atoms with Crippen LogP contribution >= 0.6 is 23.1 Å². The molecule has 0 fully saturated rings. The minimum atomic E-state index is 0.655. The third kappa shape index (κ3) is 3.97.